The van der Waals surface area contributed by atoms with Crippen molar-refractivity contribution in [3.8, 4) is 0 Å². The molecule has 0 bridgehead atoms. The van der Waals surface area contributed by atoms with Crippen LogP contribution in [0.15, 0.2) is 48.1 Å². The quantitative estimate of drug-likeness (QED) is 0.359. The van der Waals surface area contributed by atoms with Gasteiger partial charge in [-0.3, -0.25) is 4.79 Å². The Morgan fingerprint density at radius 1 is 1.52 bits per heavy atom. The van der Waals surface area contributed by atoms with E-state index in [-0.39, 0.29) is 11.3 Å². The van der Waals surface area contributed by atoms with Crippen molar-refractivity contribution in [2.24, 2.45) is 5.73 Å². The van der Waals surface area contributed by atoms with Gasteiger partial charge in [-0.25, -0.2) is 0 Å². The van der Waals surface area contributed by atoms with Gasteiger partial charge in [-0.15, -0.1) is 4.72 Å². The van der Waals surface area contributed by atoms with Gasteiger partial charge >= 0.3 is 6.18 Å². The van der Waals surface area contributed by atoms with Gasteiger partial charge < -0.3 is 15.6 Å². The molecule has 4 N–H and O–H groups in total. The van der Waals surface area contributed by atoms with Gasteiger partial charge in [0.15, 0.2) is 0 Å². The van der Waals surface area contributed by atoms with Crippen molar-refractivity contribution in [2.45, 2.75) is 43.9 Å². The van der Waals surface area contributed by atoms with Crippen LogP contribution >= 0.6 is 0 Å². The number of nitrogens with two attached hydrogens (primary N) is 1. The van der Waals surface area contributed by atoms with E-state index in [4.69, 9.17) is 5.73 Å². The molecule has 0 heterocycles. The maximum Gasteiger partial charge on any atom is 0.415 e. The monoisotopic (exact) mass is 377 g/mol. The van der Waals surface area contributed by atoms with Gasteiger partial charge in [0.25, 0.3) is 5.91 Å². The zero-order valence-corrected chi connectivity index (χ0v) is 14.8. The molecular formula is C16H22F3N3O2S. The number of carbonyl (C=O) groups is 1. The predicted octanol–water partition coefficient (Wildman–Crippen LogP) is 1.98. The minimum Gasteiger partial charge on any atom is -0.598 e. The second-order valence-electron chi connectivity index (χ2n) is 5.71. The van der Waals surface area contributed by atoms with Gasteiger partial charge in [-0.1, -0.05) is 30.9 Å². The van der Waals surface area contributed by atoms with Crippen molar-refractivity contribution >= 4 is 17.3 Å². The fourth-order valence-electron chi connectivity index (χ4n) is 1.76. The topological polar surface area (TPSA) is 90.2 Å². The van der Waals surface area contributed by atoms with E-state index in [9.17, 15) is 22.5 Å². The third-order valence-corrected chi connectivity index (χ3v) is 4.62. The first-order valence-electron chi connectivity index (χ1n) is 7.56. The van der Waals surface area contributed by atoms with Crippen LogP contribution in [-0.2, 0) is 16.2 Å². The molecule has 5 nitrogen and oxygen atoms in total. The summed E-state index contributed by atoms with van der Waals surface area (Å²) in [6, 6.07) is -0.150. The van der Waals surface area contributed by atoms with Gasteiger partial charge in [-0.05, 0) is 26.3 Å². The Labute approximate surface area is 148 Å². The van der Waals surface area contributed by atoms with Crippen molar-refractivity contribution in [2.75, 3.05) is 0 Å². The Kier molecular flexibility index (Phi) is 7.94. The van der Waals surface area contributed by atoms with Crippen LogP contribution in [0, 0.1) is 0 Å². The summed E-state index contributed by atoms with van der Waals surface area (Å²) in [6.07, 6.45) is 1.50. The molecule has 0 radical (unpaired) electrons. The van der Waals surface area contributed by atoms with E-state index in [1.165, 1.54) is 0 Å². The lowest BCUT2D eigenvalue weighted by molar-refractivity contribution is -0.117. The van der Waals surface area contributed by atoms with Crippen LogP contribution in [-0.4, -0.2) is 34.1 Å². The fourth-order valence-corrected chi connectivity index (χ4v) is 2.50. The highest BCUT2D eigenvalue weighted by Gasteiger charge is 2.29. The van der Waals surface area contributed by atoms with E-state index in [2.05, 4.69) is 16.6 Å². The molecule has 0 saturated heterocycles. The number of halogens is 3. The zero-order valence-electron chi connectivity index (χ0n) is 14.0. The first-order chi connectivity index (χ1) is 11.5. The Morgan fingerprint density at radius 3 is 2.64 bits per heavy atom. The Balaban J connectivity index is 2.51. The van der Waals surface area contributed by atoms with Gasteiger partial charge in [0.1, 0.15) is 5.25 Å². The van der Waals surface area contributed by atoms with Crippen molar-refractivity contribution in [1.29, 1.82) is 0 Å². The largest absolute Gasteiger partial charge is 0.598 e. The van der Waals surface area contributed by atoms with Crippen LogP contribution in [0.2, 0.25) is 0 Å². The zero-order chi connectivity index (χ0) is 19.2. The summed E-state index contributed by atoms with van der Waals surface area (Å²) in [5, 5.41) is 2.34. The minimum atomic E-state index is -4.53. The highest BCUT2D eigenvalue weighted by molar-refractivity contribution is 7.90. The van der Waals surface area contributed by atoms with Crippen LogP contribution in [0.1, 0.15) is 20.3 Å². The highest BCUT2D eigenvalue weighted by atomic mass is 32.2. The number of allylic oxidation sites excluding steroid dienone is 2. The van der Waals surface area contributed by atoms with Gasteiger partial charge in [0, 0.05) is 22.5 Å². The van der Waals surface area contributed by atoms with Crippen molar-refractivity contribution in [3.05, 3.63) is 48.1 Å². The number of hydrogen-bond donors (Lipinski definition) is 3. The van der Waals surface area contributed by atoms with Gasteiger partial charge in [0.05, 0.1) is 12.2 Å². The van der Waals surface area contributed by atoms with Crippen LogP contribution in [0.3, 0.4) is 0 Å². The van der Waals surface area contributed by atoms with Crippen LogP contribution in [0.5, 0.6) is 0 Å². The van der Waals surface area contributed by atoms with Crippen molar-refractivity contribution < 1.29 is 22.5 Å². The maximum absolute atomic E-state index is 12.3. The molecular weight excluding hydrogens is 355 g/mol. The molecule has 0 spiro atoms. The Morgan fingerprint density at radius 2 is 2.16 bits per heavy atom. The second-order valence-corrected chi connectivity index (χ2v) is 7.48. The first-order valence-corrected chi connectivity index (χ1v) is 8.78. The smallest absolute Gasteiger partial charge is 0.415 e. The lowest BCUT2D eigenvalue weighted by atomic mass is 10.0. The second kappa shape index (κ2) is 9.23. The predicted molar refractivity (Wildman–Crippen MR) is 92.5 cm³/mol. The Hall–Kier alpha value is -1.55. The molecule has 1 rings (SSSR count). The molecule has 0 fully saturated rings. The van der Waals surface area contributed by atoms with E-state index in [0.29, 0.717) is 12.0 Å². The third kappa shape index (κ3) is 7.47. The van der Waals surface area contributed by atoms with E-state index in [1.807, 2.05) is 13.8 Å². The molecule has 9 heteroatoms. The summed E-state index contributed by atoms with van der Waals surface area (Å²) < 4.78 is 51.6. The molecule has 0 aromatic carbocycles. The van der Waals surface area contributed by atoms with E-state index < -0.39 is 35.2 Å². The number of alkyl halides is 3. The van der Waals surface area contributed by atoms with E-state index in [1.54, 1.807) is 18.2 Å². The van der Waals surface area contributed by atoms with Crippen molar-refractivity contribution in [1.82, 2.24) is 10.0 Å². The summed E-state index contributed by atoms with van der Waals surface area (Å²) >= 11 is -1.18. The molecule has 0 aromatic rings. The molecule has 1 amide bonds. The number of rotatable bonds is 7. The van der Waals surface area contributed by atoms with Crippen LogP contribution in [0.25, 0.3) is 0 Å². The standard InChI is InChI=1S/C16H22F3N3O2S/c1-10(2)25(24)22-13-7-5-12(6-8-13)15(23)21-14(20)9-4-11(3)16(17,18)19/h4-7,9-10,13-14,22H,3,8,20H2,1-2H3,(H,21,23)/b9-4-. The summed E-state index contributed by atoms with van der Waals surface area (Å²) in [6.45, 7) is 6.53. The average Bonchev–Trinajstić information content (AvgIpc) is 2.52. The minimum absolute atomic E-state index is 0.0293. The molecule has 0 saturated carbocycles. The molecule has 3 atom stereocenters. The summed E-state index contributed by atoms with van der Waals surface area (Å²) in [7, 11) is 0. The lowest BCUT2D eigenvalue weighted by Crippen LogP contribution is -2.41. The summed E-state index contributed by atoms with van der Waals surface area (Å²) in [4.78, 5) is 12.0. The number of carbonyl (C=O) groups excluding carboxylic acids is 1. The Bertz CT molecular complexity index is 586. The normalized spacial score (nSPS) is 20.5. The van der Waals surface area contributed by atoms with Gasteiger partial charge in [0.2, 0.25) is 0 Å². The van der Waals surface area contributed by atoms with Gasteiger partial charge in [-0.2, -0.15) is 13.2 Å². The average molecular weight is 377 g/mol. The lowest BCUT2D eigenvalue weighted by Gasteiger charge is -2.21. The third-order valence-electron chi connectivity index (χ3n) is 3.22. The number of amides is 1. The first kappa shape index (κ1) is 21.5. The maximum atomic E-state index is 12.3. The molecule has 0 aliphatic heterocycles. The number of hydrogen-bond acceptors (Lipinski definition) is 4. The van der Waals surface area contributed by atoms with E-state index in [0.717, 1.165) is 12.2 Å². The molecule has 25 heavy (non-hydrogen) atoms. The highest BCUT2D eigenvalue weighted by Crippen LogP contribution is 2.24. The van der Waals surface area contributed by atoms with Crippen molar-refractivity contribution in [3.63, 3.8) is 0 Å². The fraction of sp³-hybridized carbons (Fsp3) is 0.438. The summed E-state index contributed by atoms with van der Waals surface area (Å²) in [5.41, 5.74) is 4.85. The molecule has 140 valence electrons. The van der Waals surface area contributed by atoms with Crippen LogP contribution < -0.4 is 15.8 Å². The molecule has 1 aliphatic rings. The molecule has 1 aliphatic carbocycles. The molecule has 3 unspecified atom stereocenters. The SMILES string of the molecule is C=C(/C=C\C(N)NC(=O)C1=CCC(N[S+]([O-])C(C)C)C=C1)C(F)(F)F. The molecule has 0 aromatic heterocycles. The summed E-state index contributed by atoms with van der Waals surface area (Å²) in [5.74, 6) is -0.505. The van der Waals surface area contributed by atoms with Crippen LogP contribution in [0.4, 0.5) is 13.2 Å². The number of nitrogens with one attached hydrogen (secondary N) is 2. The van der Waals surface area contributed by atoms with E-state index >= 15 is 0 Å².